The van der Waals surface area contributed by atoms with Crippen LogP contribution in [0.4, 0.5) is 5.69 Å². The maximum absolute atomic E-state index is 12.3. The molecule has 2 amide bonds. The molecule has 34 heavy (non-hydrogen) atoms. The van der Waals surface area contributed by atoms with E-state index < -0.39 is 17.8 Å². The summed E-state index contributed by atoms with van der Waals surface area (Å²) in [4.78, 5) is 36.5. The van der Waals surface area contributed by atoms with Gasteiger partial charge in [-0.2, -0.15) is 5.10 Å². The molecule has 0 aliphatic heterocycles. The van der Waals surface area contributed by atoms with Gasteiger partial charge in [0.25, 0.3) is 0 Å². The summed E-state index contributed by atoms with van der Waals surface area (Å²) in [6, 6.07) is 20.1. The summed E-state index contributed by atoms with van der Waals surface area (Å²) in [5.74, 6) is -1.38. The van der Waals surface area contributed by atoms with Crippen LogP contribution in [0.5, 0.6) is 17.2 Å². The van der Waals surface area contributed by atoms with Crippen LogP contribution in [0.25, 0.3) is 0 Å². The van der Waals surface area contributed by atoms with E-state index in [1.165, 1.54) is 13.3 Å². The first-order valence-electron chi connectivity index (χ1n) is 10.3. The third kappa shape index (κ3) is 6.42. The maximum Gasteiger partial charge on any atom is 0.343 e. The van der Waals surface area contributed by atoms with Gasteiger partial charge in [-0.25, -0.2) is 10.2 Å². The van der Waals surface area contributed by atoms with Gasteiger partial charge < -0.3 is 19.5 Å². The molecule has 3 aromatic rings. The second kappa shape index (κ2) is 11.8. The molecule has 0 heterocycles. The molecule has 3 rings (SSSR count). The summed E-state index contributed by atoms with van der Waals surface area (Å²) in [7, 11) is 1.46. The van der Waals surface area contributed by atoms with E-state index >= 15 is 0 Å². The summed E-state index contributed by atoms with van der Waals surface area (Å²) >= 11 is 0. The largest absolute Gasteiger partial charge is 0.495 e. The summed E-state index contributed by atoms with van der Waals surface area (Å²) in [6.07, 6.45) is 1.33. The van der Waals surface area contributed by atoms with Gasteiger partial charge in [-0.3, -0.25) is 9.59 Å². The number of nitrogens with zero attached hydrogens (tertiary/aromatic N) is 1. The Balaban J connectivity index is 1.63. The van der Waals surface area contributed by atoms with Crippen molar-refractivity contribution in [1.82, 2.24) is 5.43 Å². The highest BCUT2D eigenvalue weighted by Crippen LogP contribution is 2.29. The van der Waals surface area contributed by atoms with Gasteiger partial charge in [0, 0.05) is 0 Å². The van der Waals surface area contributed by atoms with Crippen molar-refractivity contribution < 1.29 is 28.6 Å². The van der Waals surface area contributed by atoms with Crippen molar-refractivity contribution in [3.63, 3.8) is 0 Å². The number of rotatable bonds is 8. The number of ether oxygens (including phenoxy) is 3. The molecule has 0 radical (unpaired) electrons. The standard InChI is InChI=1S/C25H23N3O6/c1-3-33-22-15-17(13-14-21(22)34-25(31)18-9-5-4-6-10-18)16-26-28-24(30)23(29)27-19-11-7-8-12-20(19)32-2/h4-16H,3H2,1-2H3,(H,27,29)(H,28,30)/b26-16+. The molecule has 0 aromatic heterocycles. The number of hydrogen-bond acceptors (Lipinski definition) is 7. The lowest BCUT2D eigenvalue weighted by atomic mass is 10.2. The molecular formula is C25H23N3O6. The van der Waals surface area contributed by atoms with Gasteiger partial charge in [0.15, 0.2) is 11.5 Å². The Hall–Kier alpha value is -4.66. The first-order valence-corrected chi connectivity index (χ1v) is 10.3. The van der Waals surface area contributed by atoms with E-state index in [0.717, 1.165) is 0 Å². The number of carbonyl (C=O) groups excluding carboxylic acids is 3. The molecule has 0 bridgehead atoms. The van der Waals surface area contributed by atoms with E-state index in [2.05, 4.69) is 15.8 Å². The number of carbonyl (C=O) groups is 3. The number of nitrogens with one attached hydrogen (secondary N) is 2. The number of methoxy groups -OCH3 is 1. The number of esters is 1. The van der Waals surface area contributed by atoms with Gasteiger partial charge in [-0.05, 0) is 55.0 Å². The molecule has 0 aliphatic carbocycles. The average Bonchev–Trinajstić information content (AvgIpc) is 2.86. The third-order valence-corrected chi connectivity index (χ3v) is 4.42. The zero-order valence-electron chi connectivity index (χ0n) is 18.6. The molecule has 0 saturated heterocycles. The molecule has 9 nitrogen and oxygen atoms in total. The van der Waals surface area contributed by atoms with Crippen molar-refractivity contribution in [2.75, 3.05) is 19.0 Å². The summed E-state index contributed by atoms with van der Waals surface area (Å²) in [6.45, 7) is 2.14. The highest BCUT2D eigenvalue weighted by Gasteiger charge is 2.15. The van der Waals surface area contributed by atoms with Crippen molar-refractivity contribution in [2.45, 2.75) is 6.92 Å². The summed E-state index contributed by atoms with van der Waals surface area (Å²) in [5, 5.41) is 6.26. The average molecular weight is 461 g/mol. The van der Waals surface area contributed by atoms with E-state index in [4.69, 9.17) is 14.2 Å². The number of hydrazone groups is 1. The van der Waals surface area contributed by atoms with Crippen LogP contribution >= 0.6 is 0 Å². The number of benzene rings is 3. The molecule has 0 aliphatic rings. The van der Waals surface area contributed by atoms with Gasteiger partial charge in [0.2, 0.25) is 0 Å². The Morgan fingerprint density at radius 1 is 0.882 bits per heavy atom. The van der Waals surface area contributed by atoms with Gasteiger partial charge in [-0.15, -0.1) is 0 Å². The number of para-hydroxylation sites is 2. The normalized spacial score (nSPS) is 10.4. The lowest BCUT2D eigenvalue weighted by Crippen LogP contribution is -2.32. The fourth-order valence-electron chi connectivity index (χ4n) is 2.83. The van der Waals surface area contributed by atoms with Crippen LogP contribution in [0.2, 0.25) is 0 Å². The number of anilines is 1. The van der Waals surface area contributed by atoms with Crippen molar-refractivity contribution in [2.24, 2.45) is 5.10 Å². The minimum Gasteiger partial charge on any atom is -0.495 e. The highest BCUT2D eigenvalue weighted by molar-refractivity contribution is 6.39. The molecule has 0 spiro atoms. The van der Waals surface area contributed by atoms with Crippen molar-refractivity contribution in [1.29, 1.82) is 0 Å². The highest BCUT2D eigenvalue weighted by atomic mass is 16.6. The molecular weight excluding hydrogens is 438 g/mol. The second-order valence-corrected chi connectivity index (χ2v) is 6.75. The lowest BCUT2D eigenvalue weighted by Gasteiger charge is -2.11. The zero-order valence-corrected chi connectivity index (χ0v) is 18.6. The Morgan fingerprint density at radius 2 is 1.62 bits per heavy atom. The Kier molecular flexibility index (Phi) is 8.34. The Labute approximate surface area is 196 Å². The van der Waals surface area contributed by atoms with Crippen LogP contribution < -0.4 is 25.0 Å². The number of hydrogen-bond donors (Lipinski definition) is 2. The Morgan fingerprint density at radius 3 is 2.35 bits per heavy atom. The molecule has 0 atom stereocenters. The van der Waals surface area contributed by atoms with Crippen molar-refractivity contribution in [3.05, 3.63) is 83.9 Å². The molecule has 9 heteroatoms. The molecule has 0 fully saturated rings. The van der Waals surface area contributed by atoms with Gasteiger partial charge in [-0.1, -0.05) is 30.3 Å². The summed E-state index contributed by atoms with van der Waals surface area (Å²) in [5.41, 5.74) is 3.47. The minimum absolute atomic E-state index is 0.244. The molecule has 0 saturated carbocycles. The third-order valence-electron chi connectivity index (χ3n) is 4.42. The fraction of sp³-hybridized carbons (Fsp3) is 0.120. The lowest BCUT2D eigenvalue weighted by molar-refractivity contribution is -0.136. The van der Waals surface area contributed by atoms with Crippen LogP contribution in [0.3, 0.4) is 0 Å². The first-order chi connectivity index (χ1) is 16.5. The van der Waals surface area contributed by atoms with Crippen molar-refractivity contribution in [3.8, 4) is 17.2 Å². The molecule has 3 aromatic carbocycles. The topological polar surface area (TPSA) is 115 Å². The van der Waals surface area contributed by atoms with E-state index in [1.54, 1.807) is 79.7 Å². The molecule has 174 valence electrons. The second-order valence-electron chi connectivity index (χ2n) is 6.75. The monoisotopic (exact) mass is 461 g/mol. The zero-order chi connectivity index (χ0) is 24.3. The van der Waals surface area contributed by atoms with E-state index in [9.17, 15) is 14.4 Å². The van der Waals surface area contributed by atoms with E-state index in [-0.39, 0.29) is 5.75 Å². The quantitative estimate of drug-likeness (QED) is 0.175. The fourth-order valence-corrected chi connectivity index (χ4v) is 2.83. The van der Waals surface area contributed by atoms with Gasteiger partial charge >= 0.3 is 17.8 Å². The van der Waals surface area contributed by atoms with Crippen LogP contribution in [0.15, 0.2) is 77.9 Å². The molecule has 0 unspecified atom stereocenters. The summed E-state index contributed by atoms with van der Waals surface area (Å²) < 4.78 is 16.1. The van der Waals surface area contributed by atoms with E-state index in [0.29, 0.717) is 34.9 Å². The van der Waals surface area contributed by atoms with Crippen molar-refractivity contribution >= 4 is 29.7 Å². The smallest absolute Gasteiger partial charge is 0.343 e. The van der Waals surface area contributed by atoms with Crippen LogP contribution in [0.1, 0.15) is 22.8 Å². The number of amides is 2. The SMILES string of the molecule is CCOc1cc(/C=N/NC(=O)C(=O)Nc2ccccc2OC)ccc1OC(=O)c1ccccc1. The van der Waals surface area contributed by atoms with Crippen LogP contribution in [-0.4, -0.2) is 37.7 Å². The predicted octanol–water partition coefficient (Wildman–Crippen LogP) is 3.40. The predicted molar refractivity (Wildman–Crippen MR) is 126 cm³/mol. The van der Waals surface area contributed by atoms with Gasteiger partial charge in [0.1, 0.15) is 5.75 Å². The molecule has 2 N–H and O–H groups in total. The van der Waals surface area contributed by atoms with Crippen LogP contribution in [-0.2, 0) is 9.59 Å². The first kappa shape index (κ1) is 24.0. The Bertz CT molecular complexity index is 1190. The maximum atomic E-state index is 12.3. The minimum atomic E-state index is -0.958. The van der Waals surface area contributed by atoms with Crippen LogP contribution in [0, 0.1) is 0 Å². The van der Waals surface area contributed by atoms with Gasteiger partial charge in [0.05, 0.1) is 31.2 Å². The van der Waals surface area contributed by atoms with E-state index in [1.807, 2.05) is 0 Å².